The molecule has 1 heterocycles. The molecule has 0 amide bonds. The Hall–Kier alpha value is -0.830. The summed E-state index contributed by atoms with van der Waals surface area (Å²) < 4.78 is 0. The standard InChI is InChI=1S/C11H21N3/c1-7(2)10-9(4)13-11(14-10)8(3)5-6-12/h7-8H,5-6,12H2,1-4H3,(H,13,14). The van der Waals surface area contributed by atoms with Gasteiger partial charge < -0.3 is 10.7 Å². The van der Waals surface area contributed by atoms with Crippen LogP contribution in [-0.2, 0) is 0 Å². The van der Waals surface area contributed by atoms with Gasteiger partial charge in [0.05, 0.1) is 5.69 Å². The molecule has 1 unspecified atom stereocenters. The third-order valence-corrected chi connectivity index (χ3v) is 2.55. The molecule has 0 spiro atoms. The smallest absolute Gasteiger partial charge is 0.109 e. The Morgan fingerprint density at radius 3 is 2.43 bits per heavy atom. The molecule has 80 valence electrons. The number of aromatic nitrogens is 2. The van der Waals surface area contributed by atoms with Gasteiger partial charge in [0.1, 0.15) is 5.82 Å². The molecule has 0 aliphatic heterocycles. The fraction of sp³-hybridized carbons (Fsp3) is 0.727. The van der Waals surface area contributed by atoms with E-state index in [1.165, 1.54) is 11.4 Å². The van der Waals surface area contributed by atoms with Crippen molar-refractivity contribution >= 4 is 0 Å². The molecule has 0 fully saturated rings. The van der Waals surface area contributed by atoms with E-state index < -0.39 is 0 Å². The lowest BCUT2D eigenvalue weighted by Gasteiger charge is -2.05. The van der Waals surface area contributed by atoms with E-state index in [4.69, 9.17) is 5.73 Å². The largest absolute Gasteiger partial charge is 0.346 e. The Kier molecular flexibility index (Phi) is 3.69. The number of H-pyrrole nitrogens is 1. The van der Waals surface area contributed by atoms with Crippen LogP contribution < -0.4 is 5.73 Å². The second kappa shape index (κ2) is 4.60. The SMILES string of the molecule is Cc1[nH]c(C(C)CCN)nc1C(C)C. The Morgan fingerprint density at radius 2 is 2.00 bits per heavy atom. The fourth-order valence-corrected chi connectivity index (χ4v) is 1.68. The zero-order valence-corrected chi connectivity index (χ0v) is 9.59. The first-order chi connectivity index (χ1) is 6.56. The number of aryl methyl sites for hydroxylation is 1. The highest BCUT2D eigenvalue weighted by molar-refractivity contribution is 5.18. The van der Waals surface area contributed by atoms with E-state index in [1.807, 2.05) is 0 Å². The molecule has 1 rings (SSSR count). The van der Waals surface area contributed by atoms with Crippen molar-refractivity contribution in [2.75, 3.05) is 6.54 Å². The number of rotatable bonds is 4. The van der Waals surface area contributed by atoms with E-state index in [0.717, 1.165) is 18.8 Å². The Labute approximate surface area is 86.1 Å². The van der Waals surface area contributed by atoms with Crippen molar-refractivity contribution in [3.8, 4) is 0 Å². The van der Waals surface area contributed by atoms with Crippen LogP contribution in [-0.4, -0.2) is 16.5 Å². The molecule has 1 atom stereocenters. The van der Waals surface area contributed by atoms with Crippen LogP contribution >= 0.6 is 0 Å². The van der Waals surface area contributed by atoms with Crippen molar-refractivity contribution < 1.29 is 0 Å². The van der Waals surface area contributed by atoms with Crippen molar-refractivity contribution in [1.29, 1.82) is 0 Å². The fourth-order valence-electron chi connectivity index (χ4n) is 1.68. The van der Waals surface area contributed by atoms with E-state index >= 15 is 0 Å². The van der Waals surface area contributed by atoms with Crippen molar-refractivity contribution in [1.82, 2.24) is 9.97 Å². The number of nitrogens with zero attached hydrogens (tertiary/aromatic N) is 1. The first kappa shape index (κ1) is 11.2. The van der Waals surface area contributed by atoms with Gasteiger partial charge in [-0.05, 0) is 25.8 Å². The highest BCUT2D eigenvalue weighted by atomic mass is 14.9. The van der Waals surface area contributed by atoms with Crippen LogP contribution in [0.15, 0.2) is 0 Å². The van der Waals surface area contributed by atoms with Gasteiger partial charge in [-0.3, -0.25) is 0 Å². The summed E-state index contributed by atoms with van der Waals surface area (Å²) in [6.07, 6.45) is 0.991. The van der Waals surface area contributed by atoms with Gasteiger partial charge in [0.2, 0.25) is 0 Å². The van der Waals surface area contributed by atoms with Crippen LogP contribution in [0.2, 0.25) is 0 Å². The zero-order chi connectivity index (χ0) is 10.7. The summed E-state index contributed by atoms with van der Waals surface area (Å²) in [5, 5.41) is 0. The maximum Gasteiger partial charge on any atom is 0.109 e. The second-order valence-electron chi connectivity index (χ2n) is 4.27. The summed E-state index contributed by atoms with van der Waals surface area (Å²) >= 11 is 0. The monoisotopic (exact) mass is 195 g/mol. The topological polar surface area (TPSA) is 54.7 Å². The molecule has 1 aromatic rings. The minimum Gasteiger partial charge on any atom is -0.346 e. The van der Waals surface area contributed by atoms with E-state index in [2.05, 4.69) is 37.7 Å². The summed E-state index contributed by atoms with van der Waals surface area (Å²) in [5.74, 6) is 2.01. The van der Waals surface area contributed by atoms with E-state index in [9.17, 15) is 0 Å². The minimum absolute atomic E-state index is 0.436. The Morgan fingerprint density at radius 1 is 1.36 bits per heavy atom. The predicted octanol–water partition coefficient (Wildman–Crippen LogP) is 2.29. The third-order valence-electron chi connectivity index (χ3n) is 2.55. The van der Waals surface area contributed by atoms with E-state index in [1.54, 1.807) is 0 Å². The lowest BCUT2D eigenvalue weighted by molar-refractivity contribution is 0.651. The molecule has 0 saturated carbocycles. The number of aromatic amines is 1. The van der Waals surface area contributed by atoms with Gasteiger partial charge in [0.15, 0.2) is 0 Å². The average Bonchev–Trinajstić information content (AvgIpc) is 2.48. The van der Waals surface area contributed by atoms with Gasteiger partial charge in [-0.2, -0.15) is 0 Å². The molecule has 1 aromatic heterocycles. The molecule has 0 aliphatic carbocycles. The normalized spacial score (nSPS) is 13.6. The Bertz CT molecular complexity index is 289. The lowest BCUT2D eigenvalue weighted by atomic mass is 10.1. The van der Waals surface area contributed by atoms with Gasteiger partial charge in [0.25, 0.3) is 0 Å². The number of imidazole rings is 1. The van der Waals surface area contributed by atoms with E-state index in [0.29, 0.717) is 11.8 Å². The van der Waals surface area contributed by atoms with Gasteiger partial charge in [-0.15, -0.1) is 0 Å². The summed E-state index contributed by atoms with van der Waals surface area (Å²) in [5.41, 5.74) is 7.91. The van der Waals surface area contributed by atoms with Crippen molar-refractivity contribution in [3.05, 3.63) is 17.2 Å². The molecule has 0 bridgehead atoms. The first-order valence-corrected chi connectivity index (χ1v) is 5.32. The summed E-state index contributed by atoms with van der Waals surface area (Å²) in [6.45, 7) is 9.30. The van der Waals surface area contributed by atoms with E-state index in [-0.39, 0.29) is 0 Å². The van der Waals surface area contributed by atoms with Gasteiger partial charge in [-0.1, -0.05) is 20.8 Å². The zero-order valence-electron chi connectivity index (χ0n) is 9.59. The molecule has 0 aliphatic rings. The molecule has 0 aromatic carbocycles. The quantitative estimate of drug-likeness (QED) is 0.774. The highest BCUT2D eigenvalue weighted by Gasteiger charge is 2.13. The van der Waals surface area contributed by atoms with Crippen LogP contribution in [0.5, 0.6) is 0 Å². The van der Waals surface area contributed by atoms with Crippen molar-refractivity contribution in [2.45, 2.75) is 46.0 Å². The molecule has 14 heavy (non-hydrogen) atoms. The van der Waals surface area contributed by atoms with Crippen LogP contribution in [0.1, 0.15) is 56.2 Å². The van der Waals surface area contributed by atoms with Crippen LogP contribution in [0.25, 0.3) is 0 Å². The third kappa shape index (κ3) is 2.35. The highest BCUT2D eigenvalue weighted by Crippen LogP contribution is 2.21. The lowest BCUT2D eigenvalue weighted by Crippen LogP contribution is -2.05. The first-order valence-electron chi connectivity index (χ1n) is 5.32. The van der Waals surface area contributed by atoms with Crippen LogP contribution in [0.3, 0.4) is 0 Å². The summed E-state index contributed by atoms with van der Waals surface area (Å²) in [6, 6.07) is 0. The van der Waals surface area contributed by atoms with Crippen molar-refractivity contribution in [2.24, 2.45) is 5.73 Å². The second-order valence-corrected chi connectivity index (χ2v) is 4.27. The average molecular weight is 195 g/mol. The van der Waals surface area contributed by atoms with Crippen LogP contribution in [0.4, 0.5) is 0 Å². The van der Waals surface area contributed by atoms with Gasteiger partial charge in [0, 0.05) is 11.6 Å². The molecule has 0 radical (unpaired) electrons. The minimum atomic E-state index is 0.436. The Balaban J connectivity index is 2.85. The number of hydrogen-bond acceptors (Lipinski definition) is 2. The molecular weight excluding hydrogens is 174 g/mol. The molecule has 3 nitrogen and oxygen atoms in total. The molecule has 3 N–H and O–H groups in total. The maximum absolute atomic E-state index is 5.53. The number of nitrogens with two attached hydrogens (primary N) is 1. The molecule has 3 heteroatoms. The predicted molar refractivity (Wildman–Crippen MR) is 59.5 cm³/mol. The van der Waals surface area contributed by atoms with Crippen molar-refractivity contribution in [3.63, 3.8) is 0 Å². The molecular formula is C11H21N3. The van der Waals surface area contributed by atoms with Gasteiger partial charge >= 0.3 is 0 Å². The van der Waals surface area contributed by atoms with Crippen LogP contribution in [0, 0.1) is 6.92 Å². The van der Waals surface area contributed by atoms with Gasteiger partial charge in [-0.25, -0.2) is 4.98 Å². The maximum atomic E-state index is 5.53. The molecule has 0 saturated heterocycles. The number of nitrogens with one attached hydrogen (secondary N) is 1. The number of hydrogen-bond donors (Lipinski definition) is 2. The summed E-state index contributed by atoms with van der Waals surface area (Å²) in [4.78, 5) is 7.96. The summed E-state index contributed by atoms with van der Waals surface area (Å²) in [7, 11) is 0.